The average Bonchev–Trinajstić information content (AvgIpc) is 2.44. The van der Waals surface area contributed by atoms with Crippen LogP contribution in [0.1, 0.15) is 51.0 Å². The van der Waals surface area contributed by atoms with Crippen molar-refractivity contribution in [2.24, 2.45) is 17.0 Å². The molecule has 1 unspecified atom stereocenters. The summed E-state index contributed by atoms with van der Waals surface area (Å²) >= 11 is 6.16. The zero-order valence-electron chi connectivity index (χ0n) is 12.0. The topological polar surface area (TPSA) is 21.6 Å². The molecule has 1 aliphatic carbocycles. The molecule has 1 saturated carbocycles. The summed E-state index contributed by atoms with van der Waals surface area (Å²) in [7, 11) is 0. The maximum absolute atomic E-state index is 14.1. The number of oxime groups is 1. The molecule has 0 amide bonds. The molecule has 110 valence electrons. The molecule has 1 aromatic carbocycles. The summed E-state index contributed by atoms with van der Waals surface area (Å²) < 4.78 is 14.1. The third-order valence-electron chi connectivity index (χ3n) is 4.50. The quantitative estimate of drug-likeness (QED) is 0.538. The zero-order chi connectivity index (χ0) is 14.7. The fourth-order valence-electron chi connectivity index (χ4n) is 3.08. The van der Waals surface area contributed by atoms with Crippen molar-refractivity contribution >= 4 is 18.3 Å². The Morgan fingerprint density at radius 2 is 2.00 bits per heavy atom. The molecule has 0 bridgehead atoms. The Morgan fingerprint density at radius 1 is 1.35 bits per heavy atom. The van der Waals surface area contributed by atoms with Crippen molar-refractivity contribution in [1.82, 2.24) is 0 Å². The fourth-order valence-corrected chi connectivity index (χ4v) is 3.41. The van der Waals surface area contributed by atoms with Gasteiger partial charge in [-0.2, -0.15) is 0 Å². The summed E-state index contributed by atoms with van der Waals surface area (Å²) in [5, 5.41) is 3.38. The van der Waals surface area contributed by atoms with Gasteiger partial charge in [0.1, 0.15) is 0 Å². The monoisotopic (exact) mass is 297 g/mol. The van der Waals surface area contributed by atoms with Gasteiger partial charge < -0.3 is 4.84 Å². The molecule has 2 nitrogen and oxygen atoms in total. The van der Waals surface area contributed by atoms with E-state index in [0.717, 1.165) is 11.5 Å². The van der Waals surface area contributed by atoms with Gasteiger partial charge in [-0.1, -0.05) is 49.5 Å². The zero-order valence-corrected chi connectivity index (χ0v) is 12.8. The van der Waals surface area contributed by atoms with Crippen LogP contribution in [0.5, 0.6) is 5.75 Å². The van der Waals surface area contributed by atoms with Gasteiger partial charge in [-0.05, 0) is 42.2 Å². The van der Waals surface area contributed by atoms with Crippen molar-refractivity contribution in [3.63, 3.8) is 0 Å². The van der Waals surface area contributed by atoms with Gasteiger partial charge in [-0.25, -0.2) is 4.39 Å². The Balaban J connectivity index is 2.19. The van der Waals surface area contributed by atoms with Crippen molar-refractivity contribution in [1.29, 1.82) is 0 Å². The number of halogens is 2. The minimum absolute atomic E-state index is 0.0261. The summed E-state index contributed by atoms with van der Waals surface area (Å²) in [6.07, 6.45) is 4.87. The summed E-state index contributed by atoms with van der Waals surface area (Å²) in [5.74, 6) is 1.12. The van der Waals surface area contributed by atoms with Crippen LogP contribution in [0.3, 0.4) is 0 Å². The van der Waals surface area contributed by atoms with E-state index >= 15 is 0 Å². The van der Waals surface area contributed by atoms with E-state index in [2.05, 4.69) is 25.7 Å². The lowest BCUT2D eigenvalue weighted by molar-refractivity contribution is 0.261. The van der Waals surface area contributed by atoms with E-state index in [1.54, 1.807) is 6.07 Å². The van der Waals surface area contributed by atoms with Crippen molar-refractivity contribution in [3.05, 3.63) is 28.5 Å². The Labute approximate surface area is 125 Å². The lowest BCUT2D eigenvalue weighted by Gasteiger charge is -2.31. The van der Waals surface area contributed by atoms with Gasteiger partial charge >= 0.3 is 0 Å². The second-order valence-corrected chi connectivity index (χ2v) is 6.19. The van der Waals surface area contributed by atoms with E-state index in [1.807, 2.05) is 6.07 Å². The highest BCUT2D eigenvalue weighted by Gasteiger charge is 2.27. The summed E-state index contributed by atoms with van der Waals surface area (Å²) in [5.41, 5.74) is 0.861. The van der Waals surface area contributed by atoms with Crippen LogP contribution in [0.15, 0.2) is 17.3 Å². The molecule has 2 rings (SSSR count). The number of hydrogen-bond donors (Lipinski definition) is 0. The number of rotatable bonds is 4. The fraction of sp³-hybridized carbons (Fsp3) is 0.562. The minimum Gasteiger partial charge on any atom is -0.354 e. The second kappa shape index (κ2) is 6.57. The van der Waals surface area contributed by atoms with Crippen LogP contribution < -0.4 is 4.84 Å². The summed E-state index contributed by atoms with van der Waals surface area (Å²) in [6, 6.07) is 3.42. The first-order valence-corrected chi connectivity index (χ1v) is 7.53. The minimum atomic E-state index is -0.549. The largest absolute Gasteiger partial charge is 0.354 e. The van der Waals surface area contributed by atoms with E-state index in [9.17, 15) is 4.39 Å². The van der Waals surface area contributed by atoms with Crippen LogP contribution in [-0.2, 0) is 0 Å². The third-order valence-corrected chi connectivity index (χ3v) is 4.88. The molecular formula is C16H21ClFNO. The van der Waals surface area contributed by atoms with Crippen LogP contribution in [0.2, 0.25) is 5.02 Å². The molecule has 0 aromatic heterocycles. The first-order chi connectivity index (χ1) is 9.54. The van der Waals surface area contributed by atoms with E-state index in [0.29, 0.717) is 5.92 Å². The average molecular weight is 298 g/mol. The van der Waals surface area contributed by atoms with Gasteiger partial charge in [0.25, 0.3) is 0 Å². The van der Waals surface area contributed by atoms with E-state index in [1.165, 1.54) is 25.7 Å². The van der Waals surface area contributed by atoms with Gasteiger partial charge in [0.05, 0.1) is 5.02 Å². The van der Waals surface area contributed by atoms with Gasteiger partial charge in [-0.15, -0.1) is 0 Å². The molecule has 0 spiro atoms. The predicted octanol–water partition coefficient (Wildman–Crippen LogP) is 5.40. The smallest absolute Gasteiger partial charge is 0.195 e. The molecule has 1 fully saturated rings. The van der Waals surface area contributed by atoms with Crippen molar-refractivity contribution < 1.29 is 9.23 Å². The van der Waals surface area contributed by atoms with Gasteiger partial charge in [0.15, 0.2) is 11.6 Å². The Hall–Kier alpha value is -1.09. The number of hydrogen-bond acceptors (Lipinski definition) is 2. The lowest BCUT2D eigenvalue weighted by atomic mass is 9.75. The molecule has 1 atom stereocenters. The molecule has 1 aliphatic rings. The van der Waals surface area contributed by atoms with Crippen molar-refractivity contribution in [2.75, 3.05) is 0 Å². The normalized spacial score (nSPS) is 24.2. The third kappa shape index (κ3) is 3.14. The molecule has 0 aliphatic heterocycles. The van der Waals surface area contributed by atoms with Crippen LogP contribution >= 0.6 is 11.6 Å². The molecule has 0 saturated heterocycles. The number of nitrogens with zero attached hydrogens (tertiary/aromatic N) is 1. The molecule has 0 N–H and O–H groups in total. The Kier molecular flexibility index (Phi) is 5.03. The second-order valence-electron chi connectivity index (χ2n) is 5.81. The SMILES string of the molecule is C=NOc1ccc(C(C)C2CCC(C)CC2)c(Cl)c1F. The Bertz CT molecular complexity index is 484. The van der Waals surface area contributed by atoms with Crippen LogP contribution in [0.25, 0.3) is 0 Å². The van der Waals surface area contributed by atoms with Crippen molar-refractivity contribution in [2.45, 2.75) is 45.4 Å². The molecule has 1 aromatic rings. The maximum Gasteiger partial charge on any atom is 0.195 e. The molecule has 20 heavy (non-hydrogen) atoms. The van der Waals surface area contributed by atoms with E-state index in [4.69, 9.17) is 16.4 Å². The summed E-state index contributed by atoms with van der Waals surface area (Å²) in [4.78, 5) is 4.77. The molecule has 0 radical (unpaired) electrons. The predicted molar refractivity (Wildman–Crippen MR) is 81.1 cm³/mol. The highest BCUT2D eigenvalue weighted by atomic mass is 35.5. The Morgan fingerprint density at radius 3 is 2.60 bits per heavy atom. The van der Waals surface area contributed by atoms with Gasteiger partial charge in [0.2, 0.25) is 0 Å². The first-order valence-electron chi connectivity index (χ1n) is 7.15. The standard InChI is InChI=1S/C16H21ClFNO/c1-10-4-6-12(7-5-10)11(2)13-8-9-14(20-19-3)16(18)15(13)17/h8-12H,3-7H2,1-2H3. The summed E-state index contributed by atoms with van der Waals surface area (Å²) in [6.45, 7) is 7.61. The highest BCUT2D eigenvalue weighted by Crippen LogP contribution is 2.41. The van der Waals surface area contributed by atoms with E-state index < -0.39 is 5.82 Å². The van der Waals surface area contributed by atoms with Crippen LogP contribution in [0, 0.1) is 17.7 Å². The van der Waals surface area contributed by atoms with E-state index in [-0.39, 0.29) is 16.7 Å². The van der Waals surface area contributed by atoms with Crippen LogP contribution in [-0.4, -0.2) is 6.72 Å². The van der Waals surface area contributed by atoms with Gasteiger partial charge in [-0.3, -0.25) is 0 Å². The highest BCUT2D eigenvalue weighted by molar-refractivity contribution is 6.31. The van der Waals surface area contributed by atoms with Crippen molar-refractivity contribution in [3.8, 4) is 5.75 Å². The molecule has 4 heteroatoms. The number of benzene rings is 1. The van der Waals surface area contributed by atoms with Crippen LogP contribution in [0.4, 0.5) is 4.39 Å². The maximum atomic E-state index is 14.1. The molecule has 0 heterocycles. The lowest BCUT2D eigenvalue weighted by Crippen LogP contribution is -2.18. The first kappa shape index (κ1) is 15.3. The molecular weight excluding hydrogens is 277 g/mol. The van der Waals surface area contributed by atoms with Gasteiger partial charge in [0, 0.05) is 6.72 Å².